The standard InChI is InChI=1S/C24H23N3O5S/c1-3-32-24(31)18-14(2)19(20(25)28)33-23(18)27-22(30)17-11-9-15(10-12-17)13-26-21(29)16-7-5-4-6-8-16/h4-12H,3,13H2,1-2H3,(H2,25,28)(H,26,29)(H,27,30). The Kier molecular flexibility index (Phi) is 7.57. The molecule has 0 bridgehead atoms. The average molecular weight is 466 g/mol. The minimum atomic E-state index is -0.689. The number of carbonyl (C=O) groups excluding carboxylic acids is 4. The van der Waals surface area contributed by atoms with Gasteiger partial charge in [0.2, 0.25) is 0 Å². The smallest absolute Gasteiger partial charge is 0.341 e. The van der Waals surface area contributed by atoms with Crippen molar-refractivity contribution in [1.29, 1.82) is 0 Å². The molecule has 3 rings (SSSR count). The number of amides is 3. The quantitative estimate of drug-likeness (QED) is 0.439. The first-order chi connectivity index (χ1) is 15.8. The number of ether oxygens (including phenoxy) is 1. The number of hydrogen-bond acceptors (Lipinski definition) is 6. The molecule has 0 aliphatic rings. The Labute approximate surface area is 194 Å². The van der Waals surface area contributed by atoms with Gasteiger partial charge in [-0.15, -0.1) is 11.3 Å². The summed E-state index contributed by atoms with van der Waals surface area (Å²) in [5, 5.41) is 5.70. The minimum Gasteiger partial charge on any atom is -0.462 e. The lowest BCUT2D eigenvalue weighted by atomic mass is 10.1. The highest BCUT2D eigenvalue weighted by Crippen LogP contribution is 2.33. The maximum atomic E-state index is 12.8. The molecule has 0 atom stereocenters. The maximum Gasteiger partial charge on any atom is 0.341 e. The summed E-state index contributed by atoms with van der Waals surface area (Å²) in [5.74, 6) is -1.98. The summed E-state index contributed by atoms with van der Waals surface area (Å²) in [4.78, 5) is 49.2. The highest BCUT2D eigenvalue weighted by Gasteiger charge is 2.26. The number of thiophene rings is 1. The van der Waals surface area contributed by atoms with Gasteiger partial charge in [-0.05, 0) is 49.2 Å². The Morgan fingerprint density at radius 1 is 0.939 bits per heavy atom. The van der Waals surface area contributed by atoms with Crippen molar-refractivity contribution >= 4 is 40.0 Å². The molecule has 33 heavy (non-hydrogen) atoms. The monoisotopic (exact) mass is 465 g/mol. The molecule has 0 saturated heterocycles. The normalized spacial score (nSPS) is 10.4. The zero-order valence-corrected chi connectivity index (χ0v) is 19.0. The van der Waals surface area contributed by atoms with Crippen LogP contribution in [0.25, 0.3) is 0 Å². The van der Waals surface area contributed by atoms with Crippen LogP contribution in [0.15, 0.2) is 54.6 Å². The molecule has 0 spiro atoms. The Morgan fingerprint density at radius 2 is 1.58 bits per heavy atom. The van der Waals surface area contributed by atoms with Gasteiger partial charge in [0.05, 0.1) is 17.0 Å². The first-order valence-electron chi connectivity index (χ1n) is 10.2. The summed E-state index contributed by atoms with van der Waals surface area (Å²) in [6.45, 7) is 3.69. The van der Waals surface area contributed by atoms with Gasteiger partial charge in [-0.2, -0.15) is 0 Å². The van der Waals surface area contributed by atoms with Crippen molar-refractivity contribution in [2.45, 2.75) is 20.4 Å². The number of benzene rings is 2. The maximum absolute atomic E-state index is 12.8. The van der Waals surface area contributed by atoms with E-state index in [0.717, 1.165) is 16.9 Å². The molecule has 3 amide bonds. The van der Waals surface area contributed by atoms with Crippen LogP contribution in [0.3, 0.4) is 0 Å². The van der Waals surface area contributed by atoms with Gasteiger partial charge >= 0.3 is 5.97 Å². The first-order valence-corrected chi connectivity index (χ1v) is 11.0. The molecule has 0 unspecified atom stereocenters. The van der Waals surface area contributed by atoms with Crippen molar-refractivity contribution in [3.8, 4) is 0 Å². The van der Waals surface area contributed by atoms with E-state index in [9.17, 15) is 19.2 Å². The van der Waals surface area contributed by atoms with Gasteiger partial charge in [-0.1, -0.05) is 30.3 Å². The topological polar surface area (TPSA) is 128 Å². The Hall–Kier alpha value is -3.98. The van der Waals surface area contributed by atoms with Gasteiger partial charge < -0.3 is 21.1 Å². The average Bonchev–Trinajstić information content (AvgIpc) is 3.14. The van der Waals surface area contributed by atoms with Crippen molar-refractivity contribution < 1.29 is 23.9 Å². The minimum absolute atomic E-state index is 0.115. The van der Waals surface area contributed by atoms with E-state index in [1.165, 1.54) is 0 Å². The summed E-state index contributed by atoms with van der Waals surface area (Å²) in [6, 6.07) is 15.5. The predicted molar refractivity (Wildman–Crippen MR) is 126 cm³/mol. The highest BCUT2D eigenvalue weighted by molar-refractivity contribution is 7.18. The number of nitrogens with one attached hydrogen (secondary N) is 2. The van der Waals surface area contributed by atoms with E-state index in [0.29, 0.717) is 23.2 Å². The lowest BCUT2D eigenvalue weighted by Gasteiger charge is -2.08. The molecule has 0 radical (unpaired) electrons. The van der Waals surface area contributed by atoms with Crippen LogP contribution in [-0.4, -0.2) is 30.3 Å². The van der Waals surface area contributed by atoms with Gasteiger partial charge in [-0.3, -0.25) is 14.4 Å². The number of hydrogen-bond donors (Lipinski definition) is 3. The number of rotatable bonds is 8. The first kappa shape index (κ1) is 23.7. The van der Waals surface area contributed by atoms with Crippen LogP contribution in [0.1, 0.15) is 58.8 Å². The summed E-state index contributed by atoms with van der Waals surface area (Å²) >= 11 is 0.929. The van der Waals surface area contributed by atoms with E-state index in [2.05, 4.69) is 10.6 Å². The molecule has 0 aliphatic carbocycles. The zero-order valence-electron chi connectivity index (χ0n) is 18.1. The number of anilines is 1. The van der Waals surface area contributed by atoms with Crippen molar-refractivity contribution in [3.05, 3.63) is 87.3 Å². The number of carbonyl (C=O) groups is 4. The third-order valence-corrected chi connectivity index (χ3v) is 6.00. The Morgan fingerprint density at radius 3 is 2.18 bits per heavy atom. The Balaban J connectivity index is 1.71. The van der Waals surface area contributed by atoms with E-state index >= 15 is 0 Å². The summed E-state index contributed by atoms with van der Waals surface area (Å²) < 4.78 is 5.05. The van der Waals surface area contributed by atoms with E-state index in [1.54, 1.807) is 62.4 Å². The zero-order chi connectivity index (χ0) is 24.0. The van der Waals surface area contributed by atoms with Gasteiger partial charge in [0, 0.05) is 17.7 Å². The molecule has 9 heteroatoms. The lowest BCUT2D eigenvalue weighted by Crippen LogP contribution is -2.22. The molecular formula is C24H23N3O5S. The van der Waals surface area contributed by atoms with Crippen molar-refractivity contribution in [2.24, 2.45) is 5.73 Å². The van der Waals surface area contributed by atoms with Crippen LogP contribution >= 0.6 is 11.3 Å². The number of primary amides is 1. The molecule has 4 N–H and O–H groups in total. The molecule has 8 nitrogen and oxygen atoms in total. The lowest BCUT2D eigenvalue weighted by molar-refractivity contribution is 0.0527. The third kappa shape index (κ3) is 5.64. The van der Waals surface area contributed by atoms with Crippen LogP contribution in [0.5, 0.6) is 0 Å². The second kappa shape index (κ2) is 10.6. The Bertz CT molecular complexity index is 1190. The molecule has 0 fully saturated rings. The van der Waals surface area contributed by atoms with Crippen molar-refractivity contribution in [2.75, 3.05) is 11.9 Å². The SMILES string of the molecule is CCOC(=O)c1c(NC(=O)c2ccc(CNC(=O)c3ccccc3)cc2)sc(C(N)=O)c1C. The van der Waals surface area contributed by atoms with Gasteiger partial charge in [0.25, 0.3) is 17.7 Å². The second-order valence-electron chi connectivity index (χ2n) is 7.04. The molecule has 1 aromatic heterocycles. The van der Waals surface area contributed by atoms with Crippen LogP contribution in [0.4, 0.5) is 5.00 Å². The molecule has 2 aromatic carbocycles. The predicted octanol–water partition coefficient (Wildman–Crippen LogP) is 3.51. The van der Waals surface area contributed by atoms with Gasteiger partial charge in [-0.25, -0.2) is 4.79 Å². The fourth-order valence-corrected chi connectivity index (χ4v) is 4.15. The summed E-state index contributed by atoms with van der Waals surface area (Å²) in [6.07, 6.45) is 0. The highest BCUT2D eigenvalue weighted by atomic mass is 32.1. The van der Waals surface area contributed by atoms with E-state index in [1.807, 2.05) is 6.07 Å². The molecule has 1 heterocycles. The second-order valence-corrected chi connectivity index (χ2v) is 8.07. The van der Waals surface area contributed by atoms with E-state index in [-0.39, 0.29) is 28.0 Å². The van der Waals surface area contributed by atoms with Gasteiger partial charge in [0.1, 0.15) is 5.00 Å². The molecule has 0 aliphatic heterocycles. The number of esters is 1. The third-order valence-electron chi connectivity index (χ3n) is 4.78. The number of nitrogens with two attached hydrogens (primary N) is 1. The van der Waals surface area contributed by atoms with Crippen LogP contribution in [-0.2, 0) is 11.3 Å². The van der Waals surface area contributed by atoms with Crippen LogP contribution in [0.2, 0.25) is 0 Å². The molecule has 0 saturated carbocycles. The van der Waals surface area contributed by atoms with Crippen molar-refractivity contribution in [3.63, 3.8) is 0 Å². The summed E-state index contributed by atoms with van der Waals surface area (Å²) in [7, 11) is 0. The fraction of sp³-hybridized carbons (Fsp3) is 0.167. The van der Waals surface area contributed by atoms with Crippen LogP contribution < -0.4 is 16.4 Å². The summed E-state index contributed by atoms with van der Waals surface area (Å²) in [5.41, 5.74) is 7.59. The van der Waals surface area contributed by atoms with E-state index in [4.69, 9.17) is 10.5 Å². The van der Waals surface area contributed by atoms with Crippen molar-refractivity contribution in [1.82, 2.24) is 5.32 Å². The molecular weight excluding hydrogens is 442 g/mol. The van der Waals surface area contributed by atoms with Crippen LogP contribution in [0, 0.1) is 6.92 Å². The fourth-order valence-electron chi connectivity index (χ4n) is 3.11. The molecule has 170 valence electrons. The van der Waals surface area contributed by atoms with E-state index < -0.39 is 17.8 Å². The van der Waals surface area contributed by atoms with Gasteiger partial charge in [0.15, 0.2) is 0 Å². The molecule has 3 aromatic rings. The largest absolute Gasteiger partial charge is 0.462 e.